The average molecular weight is 498 g/mol. The van der Waals surface area contributed by atoms with Gasteiger partial charge in [-0.1, -0.05) is 30.9 Å². The standard InChI is InChI=1S/C20H26N4O3.HI/c1-3-11-27-18-10-6-5-8-16(18)13-23-20(21-4-2)24-15-19(25)22-14-17-9-7-12-26-17;/h3,5-10,12H,1,4,11,13-15H2,2H3,(H,22,25)(H2,21,23,24);1H. The number of para-hydroxylation sites is 1. The smallest absolute Gasteiger partial charge is 0.239 e. The number of hydrogen-bond donors (Lipinski definition) is 3. The number of nitrogens with one attached hydrogen (secondary N) is 3. The van der Waals surface area contributed by atoms with Crippen LogP contribution >= 0.6 is 24.0 Å². The van der Waals surface area contributed by atoms with Gasteiger partial charge in [0.1, 0.15) is 18.1 Å². The molecule has 3 N–H and O–H groups in total. The average Bonchev–Trinajstić information content (AvgIpc) is 3.21. The number of aliphatic imine (C=N–C) groups is 1. The molecule has 8 heteroatoms. The fraction of sp³-hybridized carbons (Fsp3) is 0.300. The van der Waals surface area contributed by atoms with Crippen molar-refractivity contribution in [3.63, 3.8) is 0 Å². The van der Waals surface area contributed by atoms with E-state index in [0.29, 0.717) is 38.0 Å². The third-order valence-electron chi connectivity index (χ3n) is 3.54. The molecule has 0 fully saturated rings. The Morgan fingerprint density at radius 2 is 2.04 bits per heavy atom. The Balaban J connectivity index is 0.00000392. The number of hydrogen-bond acceptors (Lipinski definition) is 4. The minimum Gasteiger partial charge on any atom is -0.489 e. The first-order valence-electron chi connectivity index (χ1n) is 8.85. The van der Waals surface area contributed by atoms with Crippen molar-refractivity contribution in [1.29, 1.82) is 0 Å². The van der Waals surface area contributed by atoms with Crippen LogP contribution in [0.3, 0.4) is 0 Å². The number of furan rings is 1. The van der Waals surface area contributed by atoms with Crippen LogP contribution in [-0.4, -0.2) is 31.6 Å². The molecule has 1 aromatic carbocycles. The molecule has 7 nitrogen and oxygen atoms in total. The van der Waals surface area contributed by atoms with Crippen LogP contribution in [0.4, 0.5) is 0 Å². The molecular formula is C20H27IN4O3. The predicted molar refractivity (Wildman–Crippen MR) is 121 cm³/mol. The summed E-state index contributed by atoms with van der Waals surface area (Å²) in [6, 6.07) is 11.3. The van der Waals surface area contributed by atoms with Crippen LogP contribution in [0.1, 0.15) is 18.2 Å². The predicted octanol–water partition coefficient (Wildman–Crippen LogP) is 2.83. The molecule has 1 aromatic heterocycles. The Hall–Kier alpha value is -2.49. The summed E-state index contributed by atoms with van der Waals surface area (Å²) in [5, 5.41) is 8.93. The first-order valence-corrected chi connectivity index (χ1v) is 8.85. The molecule has 28 heavy (non-hydrogen) atoms. The molecule has 2 rings (SSSR count). The molecule has 0 spiro atoms. The van der Waals surface area contributed by atoms with E-state index < -0.39 is 0 Å². The van der Waals surface area contributed by atoms with Crippen molar-refractivity contribution in [1.82, 2.24) is 16.0 Å². The lowest BCUT2D eigenvalue weighted by Crippen LogP contribution is -2.43. The fourth-order valence-electron chi connectivity index (χ4n) is 2.26. The Labute approximate surface area is 182 Å². The Kier molecular flexibility index (Phi) is 11.5. The van der Waals surface area contributed by atoms with Gasteiger partial charge in [0.05, 0.1) is 25.9 Å². The molecule has 0 aliphatic heterocycles. The number of nitrogens with zero attached hydrogens (tertiary/aromatic N) is 1. The maximum absolute atomic E-state index is 12.0. The largest absolute Gasteiger partial charge is 0.489 e. The second-order valence-electron chi connectivity index (χ2n) is 5.61. The molecule has 0 aliphatic carbocycles. The summed E-state index contributed by atoms with van der Waals surface area (Å²) in [4.78, 5) is 16.5. The molecule has 1 amide bonds. The van der Waals surface area contributed by atoms with E-state index in [1.54, 1.807) is 18.4 Å². The molecule has 0 bridgehead atoms. The molecule has 0 atom stereocenters. The third-order valence-corrected chi connectivity index (χ3v) is 3.54. The van der Waals surface area contributed by atoms with Gasteiger partial charge in [0.15, 0.2) is 5.96 Å². The maximum Gasteiger partial charge on any atom is 0.239 e. The van der Waals surface area contributed by atoms with Crippen molar-refractivity contribution in [2.24, 2.45) is 4.99 Å². The zero-order chi connectivity index (χ0) is 19.3. The number of carbonyl (C=O) groups excluding carboxylic acids is 1. The highest BCUT2D eigenvalue weighted by atomic mass is 127. The summed E-state index contributed by atoms with van der Waals surface area (Å²) in [5.74, 6) is 1.89. The Bertz CT molecular complexity index is 748. The number of amides is 1. The van der Waals surface area contributed by atoms with Gasteiger partial charge in [0.2, 0.25) is 5.91 Å². The van der Waals surface area contributed by atoms with Crippen LogP contribution in [0.25, 0.3) is 0 Å². The van der Waals surface area contributed by atoms with Crippen LogP contribution in [0.2, 0.25) is 0 Å². The van der Waals surface area contributed by atoms with E-state index in [9.17, 15) is 4.79 Å². The summed E-state index contributed by atoms with van der Waals surface area (Å²) in [6.45, 7) is 7.65. The van der Waals surface area contributed by atoms with Gasteiger partial charge in [-0.15, -0.1) is 24.0 Å². The molecule has 0 unspecified atom stereocenters. The Morgan fingerprint density at radius 1 is 1.21 bits per heavy atom. The number of guanidine groups is 1. The van der Waals surface area contributed by atoms with Gasteiger partial charge in [-0.3, -0.25) is 4.79 Å². The maximum atomic E-state index is 12.0. The number of halogens is 1. The van der Waals surface area contributed by atoms with Crippen molar-refractivity contribution in [2.45, 2.75) is 20.0 Å². The van der Waals surface area contributed by atoms with Crippen molar-refractivity contribution >= 4 is 35.8 Å². The summed E-state index contributed by atoms with van der Waals surface area (Å²) in [7, 11) is 0. The zero-order valence-corrected chi connectivity index (χ0v) is 18.3. The van der Waals surface area contributed by atoms with Gasteiger partial charge >= 0.3 is 0 Å². The monoisotopic (exact) mass is 498 g/mol. The topological polar surface area (TPSA) is 87.9 Å². The van der Waals surface area contributed by atoms with Gasteiger partial charge in [-0.2, -0.15) is 0 Å². The van der Waals surface area contributed by atoms with Gasteiger partial charge in [-0.25, -0.2) is 4.99 Å². The van der Waals surface area contributed by atoms with E-state index in [0.717, 1.165) is 11.3 Å². The van der Waals surface area contributed by atoms with E-state index in [2.05, 4.69) is 27.5 Å². The second kappa shape index (κ2) is 13.6. The van der Waals surface area contributed by atoms with Crippen molar-refractivity contribution in [2.75, 3.05) is 19.7 Å². The van der Waals surface area contributed by atoms with Crippen LogP contribution in [-0.2, 0) is 17.9 Å². The van der Waals surface area contributed by atoms with Gasteiger partial charge in [0.25, 0.3) is 0 Å². The lowest BCUT2D eigenvalue weighted by molar-refractivity contribution is -0.120. The second-order valence-corrected chi connectivity index (χ2v) is 5.61. The number of benzene rings is 1. The molecule has 0 saturated heterocycles. The SMILES string of the molecule is C=CCOc1ccccc1CN=C(NCC)NCC(=O)NCc1ccco1.I. The quantitative estimate of drug-likeness (QED) is 0.203. The van der Waals surface area contributed by atoms with Crippen molar-refractivity contribution < 1.29 is 13.9 Å². The van der Waals surface area contributed by atoms with Gasteiger partial charge < -0.3 is 25.1 Å². The number of carbonyl (C=O) groups is 1. The molecule has 2 aromatic rings. The van der Waals surface area contributed by atoms with E-state index >= 15 is 0 Å². The third kappa shape index (κ3) is 8.47. The van der Waals surface area contributed by atoms with Crippen molar-refractivity contribution in [3.05, 3.63) is 66.6 Å². The highest BCUT2D eigenvalue weighted by molar-refractivity contribution is 14.0. The molecule has 0 aliphatic rings. The van der Waals surface area contributed by atoms with E-state index in [1.807, 2.05) is 37.3 Å². The van der Waals surface area contributed by atoms with Gasteiger partial charge in [0, 0.05) is 12.1 Å². The van der Waals surface area contributed by atoms with Crippen LogP contribution < -0.4 is 20.7 Å². The molecule has 0 radical (unpaired) electrons. The minimum absolute atomic E-state index is 0. The highest BCUT2D eigenvalue weighted by Gasteiger charge is 2.06. The van der Waals surface area contributed by atoms with Crippen molar-refractivity contribution in [3.8, 4) is 5.75 Å². The minimum atomic E-state index is -0.147. The summed E-state index contributed by atoms with van der Waals surface area (Å²) < 4.78 is 10.8. The zero-order valence-electron chi connectivity index (χ0n) is 15.9. The summed E-state index contributed by atoms with van der Waals surface area (Å²) in [6.07, 6.45) is 3.28. The van der Waals surface area contributed by atoms with Crippen LogP contribution in [0.15, 0.2) is 64.7 Å². The van der Waals surface area contributed by atoms with E-state index in [1.165, 1.54) is 0 Å². The van der Waals surface area contributed by atoms with E-state index in [4.69, 9.17) is 9.15 Å². The number of ether oxygens (including phenoxy) is 1. The summed E-state index contributed by atoms with van der Waals surface area (Å²) in [5.41, 5.74) is 0.957. The first kappa shape index (κ1) is 23.5. The normalized spacial score (nSPS) is 10.5. The highest BCUT2D eigenvalue weighted by Crippen LogP contribution is 2.18. The lowest BCUT2D eigenvalue weighted by Gasteiger charge is -2.12. The molecule has 0 saturated carbocycles. The summed E-state index contributed by atoms with van der Waals surface area (Å²) >= 11 is 0. The molecular weight excluding hydrogens is 471 g/mol. The van der Waals surface area contributed by atoms with Gasteiger partial charge in [-0.05, 0) is 25.1 Å². The van der Waals surface area contributed by atoms with Crippen LogP contribution in [0.5, 0.6) is 5.75 Å². The van der Waals surface area contributed by atoms with E-state index in [-0.39, 0.29) is 36.4 Å². The molecule has 1 heterocycles. The lowest BCUT2D eigenvalue weighted by atomic mass is 10.2. The first-order chi connectivity index (χ1) is 13.2. The number of rotatable bonds is 10. The fourth-order valence-corrected chi connectivity index (χ4v) is 2.26. The van der Waals surface area contributed by atoms with Crippen LogP contribution in [0, 0.1) is 0 Å². The molecule has 152 valence electrons. The Morgan fingerprint density at radius 3 is 2.75 bits per heavy atom.